The lowest BCUT2D eigenvalue weighted by molar-refractivity contribution is 0.0753. The molecule has 1 aliphatic rings. The van der Waals surface area contributed by atoms with Gasteiger partial charge in [0.1, 0.15) is 5.69 Å². The predicted molar refractivity (Wildman–Crippen MR) is 89.4 cm³/mol. The van der Waals surface area contributed by atoms with Crippen LogP contribution in [-0.2, 0) is 20.5 Å². The van der Waals surface area contributed by atoms with Crippen molar-refractivity contribution in [3.05, 3.63) is 50.1 Å². The maximum atomic E-state index is 12.7. The molecular formula is C16H21N5O4. The molecular weight excluding hydrogens is 326 g/mol. The number of nitrogens with one attached hydrogen (secondary N) is 1. The van der Waals surface area contributed by atoms with Crippen LogP contribution in [0.15, 0.2) is 21.7 Å². The Kier molecular flexibility index (Phi) is 4.34. The number of aromatic amines is 1. The van der Waals surface area contributed by atoms with Crippen molar-refractivity contribution in [2.75, 3.05) is 13.1 Å². The van der Waals surface area contributed by atoms with E-state index in [2.05, 4.69) is 10.2 Å². The summed E-state index contributed by atoms with van der Waals surface area (Å²) < 4.78 is 2.10. The Morgan fingerprint density at radius 2 is 2.00 bits per heavy atom. The van der Waals surface area contributed by atoms with Crippen molar-refractivity contribution >= 4 is 5.91 Å². The molecule has 1 fully saturated rings. The topological polar surface area (TPSA) is 113 Å². The highest BCUT2D eigenvalue weighted by atomic mass is 16.3. The fourth-order valence-electron chi connectivity index (χ4n) is 3.17. The van der Waals surface area contributed by atoms with Crippen molar-refractivity contribution < 1.29 is 9.90 Å². The minimum atomic E-state index is -0.676. The highest BCUT2D eigenvalue weighted by molar-refractivity contribution is 5.92. The molecule has 0 aliphatic carbocycles. The molecule has 1 saturated heterocycles. The fraction of sp³-hybridized carbons (Fsp3) is 0.500. The van der Waals surface area contributed by atoms with Crippen LogP contribution in [0, 0.1) is 12.8 Å². The van der Waals surface area contributed by atoms with Crippen LogP contribution in [0.4, 0.5) is 0 Å². The summed E-state index contributed by atoms with van der Waals surface area (Å²) in [4.78, 5) is 38.0. The molecule has 0 bridgehead atoms. The standard InChI is InChI=1S/C16H21N5O4/c1-9-4-11(18-17-9)5-10-7-21(8-13(10)22)15(24)12-6-14(23)20(3)16(25)19(12)2/h4,6,10,13,22H,5,7-8H2,1-3H3,(H,17,18)/t10-,13-/m1/s1. The molecule has 3 heterocycles. The second kappa shape index (κ2) is 6.32. The molecule has 0 aromatic carbocycles. The van der Waals surface area contributed by atoms with E-state index in [-0.39, 0.29) is 18.2 Å². The van der Waals surface area contributed by atoms with Gasteiger partial charge in [-0.2, -0.15) is 5.10 Å². The summed E-state index contributed by atoms with van der Waals surface area (Å²) >= 11 is 0. The van der Waals surface area contributed by atoms with Crippen LogP contribution >= 0.6 is 0 Å². The van der Waals surface area contributed by atoms with Crippen LogP contribution in [0.3, 0.4) is 0 Å². The molecule has 2 aromatic rings. The number of aliphatic hydroxyl groups is 1. The molecule has 0 spiro atoms. The zero-order chi connectivity index (χ0) is 18.3. The summed E-state index contributed by atoms with van der Waals surface area (Å²) in [7, 11) is 2.81. The summed E-state index contributed by atoms with van der Waals surface area (Å²) in [5.74, 6) is -0.577. The van der Waals surface area contributed by atoms with Crippen LogP contribution in [-0.4, -0.2) is 54.4 Å². The van der Waals surface area contributed by atoms with E-state index in [0.29, 0.717) is 13.0 Å². The van der Waals surface area contributed by atoms with Gasteiger partial charge in [-0.05, 0) is 19.4 Å². The second-order valence-corrected chi connectivity index (χ2v) is 6.55. The zero-order valence-electron chi connectivity index (χ0n) is 14.4. The Hall–Kier alpha value is -2.68. The summed E-state index contributed by atoms with van der Waals surface area (Å²) in [5.41, 5.74) is 0.702. The lowest BCUT2D eigenvalue weighted by atomic mass is 10.0. The summed E-state index contributed by atoms with van der Waals surface area (Å²) in [6, 6.07) is 3.06. The lowest BCUT2D eigenvalue weighted by Gasteiger charge is -2.18. The average molecular weight is 347 g/mol. The Morgan fingerprint density at radius 1 is 1.28 bits per heavy atom. The van der Waals surface area contributed by atoms with Crippen molar-refractivity contribution in [1.82, 2.24) is 24.2 Å². The number of hydrogen-bond acceptors (Lipinski definition) is 5. The average Bonchev–Trinajstić information content (AvgIpc) is 3.14. The number of aromatic nitrogens is 4. The molecule has 3 rings (SSSR count). The number of β-amino-alcohol motifs (C(OH)–C–C–N with tert-alkyl or cyclic N) is 1. The molecule has 2 aromatic heterocycles. The van der Waals surface area contributed by atoms with Gasteiger partial charge in [-0.1, -0.05) is 0 Å². The number of carbonyl (C=O) groups is 1. The van der Waals surface area contributed by atoms with E-state index in [0.717, 1.165) is 26.6 Å². The summed E-state index contributed by atoms with van der Waals surface area (Å²) in [6.45, 7) is 2.40. The molecule has 0 radical (unpaired) electrons. The van der Waals surface area contributed by atoms with Gasteiger partial charge in [0.2, 0.25) is 0 Å². The van der Waals surface area contributed by atoms with Crippen LogP contribution in [0.25, 0.3) is 0 Å². The van der Waals surface area contributed by atoms with Crippen molar-refractivity contribution in [1.29, 1.82) is 0 Å². The van der Waals surface area contributed by atoms with Gasteiger partial charge < -0.3 is 10.0 Å². The first kappa shape index (κ1) is 17.2. The molecule has 1 amide bonds. The number of carbonyl (C=O) groups excluding carboxylic acids is 1. The van der Waals surface area contributed by atoms with E-state index in [9.17, 15) is 19.5 Å². The molecule has 0 saturated carbocycles. The Morgan fingerprint density at radius 3 is 2.64 bits per heavy atom. The number of likely N-dealkylation sites (tertiary alicyclic amines) is 1. The largest absolute Gasteiger partial charge is 0.391 e. The highest BCUT2D eigenvalue weighted by Crippen LogP contribution is 2.22. The van der Waals surface area contributed by atoms with Crippen molar-refractivity contribution in [3.8, 4) is 0 Å². The molecule has 2 atom stereocenters. The Balaban J connectivity index is 1.80. The number of nitrogens with zero attached hydrogens (tertiary/aromatic N) is 4. The molecule has 9 nitrogen and oxygen atoms in total. The third-order valence-electron chi connectivity index (χ3n) is 4.67. The van der Waals surface area contributed by atoms with E-state index in [1.54, 1.807) is 0 Å². The third-order valence-corrected chi connectivity index (χ3v) is 4.67. The first-order chi connectivity index (χ1) is 11.8. The quantitative estimate of drug-likeness (QED) is 0.723. The van der Waals surface area contributed by atoms with Gasteiger partial charge in [-0.25, -0.2) is 4.79 Å². The van der Waals surface area contributed by atoms with Crippen molar-refractivity contribution in [3.63, 3.8) is 0 Å². The SMILES string of the molecule is Cc1cc(C[C@@H]2CN(C(=O)c3cc(=O)n(C)c(=O)n3C)C[C@H]2O)n[nH]1. The van der Waals surface area contributed by atoms with Gasteiger partial charge in [0.05, 0.1) is 11.8 Å². The highest BCUT2D eigenvalue weighted by Gasteiger charge is 2.35. The predicted octanol–water partition coefficient (Wildman–Crippen LogP) is -1.21. The monoisotopic (exact) mass is 347 g/mol. The number of hydrogen-bond donors (Lipinski definition) is 2. The minimum Gasteiger partial charge on any atom is -0.391 e. The second-order valence-electron chi connectivity index (χ2n) is 6.55. The van der Waals surface area contributed by atoms with E-state index in [1.807, 2.05) is 13.0 Å². The number of amides is 1. The van der Waals surface area contributed by atoms with Gasteiger partial charge >= 0.3 is 5.69 Å². The van der Waals surface area contributed by atoms with Crippen molar-refractivity contribution in [2.24, 2.45) is 20.0 Å². The normalized spacial score (nSPS) is 20.2. The van der Waals surface area contributed by atoms with Crippen LogP contribution in [0.2, 0.25) is 0 Å². The summed E-state index contributed by atoms with van der Waals surface area (Å²) in [6.07, 6.45) is -0.130. The maximum absolute atomic E-state index is 12.7. The third kappa shape index (κ3) is 3.14. The van der Waals surface area contributed by atoms with E-state index >= 15 is 0 Å². The number of aryl methyl sites for hydroxylation is 1. The smallest absolute Gasteiger partial charge is 0.331 e. The number of aliphatic hydroxyl groups excluding tert-OH is 1. The molecule has 134 valence electrons. The van der Waals surface area contributed by atoms with Crippen LogP contribution < -0.4 is 11.2 Å². The minimum absolute atomic E-state index is 0.0246. The van der Waals surface area contributed by atoms with Crippen LogP contribution in [0.1, 0.15) is 21.9 Å². The Labute approximate surface area is 143 Å². The maximum Gasteiger partial charge on any atom is 0.331 e. The molecule has 2 N–H and O–H groups in total. The first-order valence-corrected chi connectivity index (χ1v) is 8.03. The van der Waals surface area contributed by atoms with Crippen molar-refractivity contribution in [2.45, 2.75) is 19.4 Å². The number of H-pyrrole nitrogens is 1. The van der Waals surface area contributed by atoms with Gasteiger partial charge in [-0.15, -0.1) is 0 Å². The lowest BCUT2D eigenvalue weighted by Crippen LogP contribution is -2.42. The van der Waals surface area contributed by atoms with E-state index < -0.39 is 23.3 Å². The molecule has 0 unspecified atom stereocenters. The molecule has 25 heavy (non-hydrogen) atoms. The van der Waals surface area contributed by atoms with Crippen LogP contribution in [0.5, 0.6) is 0 Å². The Bertz CT molecular complexity index is 925. The van der Waals surface area contributed by atoms with Gasteiger partial charge in [-0.3, -0.25) is 23.8 Å². The number of rotatable bonds is 3. The fourth-order valence-corrected chi connectivity index (χ4v) is 3.17. The van der Waals surface area contributed by atoms with Gasteiger partial charge in [0.25, 0.3) is 11.5 Å². The molecule has 1 aliphatic heterocycles. The molecule has 9 heteroatoms. The summed E-state index contributed by atoms with van der Waals surface area (Å²) in [5, 5.41) is 17.3. The van der Waals surface area contributed by atoms with E-state index in [4.69, 9.17) is 0 Å². The first-order valence-electron chi connectivity index (χ1n) is 8.03. The zero-order valence-corrected chi connectivity index (χ0v) is 14.4. The van der Waals surface area contributed by atoms with E-state index in [1.165, 1.54) is 19.0 Å². The van der Waals surface area contributed by atoms with Gasteiger partial charge in [0.15, 0.2) is 0 Å². The van der Waals surface area contributed by atoms with Gasteiger partial charge in [0, 0.05) is 44.9 Å².